The summed E-state index contributed by atoms with van der Waals surface area (Å²) < 4.78 is 0. The van der Waals surface area contributed by atoms with Gasteiger partial charge >= 0.3 is 0 Å². The molecule has 1 aromatic rings. The molecule has 8 atom stereocenters. The summed E-state index contributed by atoms with van der Waals surface area (Å²) in [6.45, 7) is 7.17. The van der Waals surface area contributed by atoms with E-state index >= 15 is 0 Å². The lowest BCUT2D eigenvalue weighted by Gasteiger charge is -2.61. The molecule has 5 nitrogen and oxygen atoms in total. The summed E-state index contributed by atoms with van der Waals surface area (Å²) in [6, 6.07) is 3.44. The molecule has 32 heavy (non-hydrogen) atoms. The van der Waals surface area contributed by atoms with Gasteiger partial charge in [-0.15, -0.1) is 0 Å². The van der Waals surface area contributed by atoms with Crippen molar-refractivity contribution in [2.45, 2.75) is 84.7 Å². The second-order valence-electron chi connectivity index (χ2n) is 11.7. The summed E-state index contributed by atoms with van der Waals surface area (Å²) >= 11 is 0. The molecule has 174 valence electrons. The van der Waals surface area contributed by atoms with Gasteiger partial charge in [0.2, 0.25) is 0 Å². The highest BCUT2D eigenvalue weighted by atomic mass is 16.3. The van der Waals surface area contributed by atoms with Crippen LogP contribution in [0.4, 0.5) is 0 Å². The molecule has 4 fully saturated rings. The van der Waals surface area contributed by atoms with Gasteiger partial charge in [-0.2, -0.15) is 5.10 Å². The lowest BCUT2D eigenvalue weighted by atomic mass is 9.44. The summed E-state index contributed by atoms with van der Waals surface area (Å²) in [6.07, 6.45) is 14.1. The van der Waals surface area contributed by atoms with Gasteiger partial charge in [0, 0.05) is 29.6 Å². The fourth-order valence-electron chi connectivity index (χ4n) is 8.71. The van der Waals surface area contributed by atoms with Crippen LogP contribution in [0.5, 0.6) is 0 Å². The van der Waals surface area contributed by atoms with E-state index in [-0.39, 0.29) is 17.4 Å². The van der Waals surface area contributed by atoms with Crippen molar-refractivity contribution in [2.24, 2.45) is 45.5 Å². The molecule has 0 bridgehead atoms. The van der Waals surface area contributed by atoms with E-state index < -0.39 is 0 Å². The number of nitrogens with zero attached hydrogens (tertiary/aromatic N) is 2. The summed E-state index contributed by atoms with van der Waals surface area (Å²) in [7, 11) is 0. The van der Waals surface area contributed by atoms with Crippen LogP contribution >= 0.6 is 0 Å². The van der Waals surface area contributed by atoms with Gasteiger partial charge in [-0.05, 0) is 111 Å². The minimum atomic E-state index is -0.166. The third kappa shape index (κ3) is 3.52. The number of hydrazone groups is 1. The predicted molar refractivity (Wildman–Crippen MR) is 126 cm³/mol. The fraction of sp³-hybridized carbons (Fsp3) is 0.741. The normalized spacial score (nSPS) is 43.7. The van der Waals surface area contributed by atoms with Crippen LogP contribution in [-0.4, -0.2) is 27.8 Å². The van der Waals surface area contributed by atoms with Crippen LogP contribution in [0.25, 0.3) is 0 Å². The summed E-state index contributed by atoms with van der Waals surface area (Å²) in [5, 5.41) is 14.8. The quantitative estimate of drug-likeness (QED) is 0.504. The molecule has 4 saturated carbocycles. The fourth-order valence-corrected chi connectivity index (χ4v) is 8.71. The van der Waals surface area contributed by atoms with Gasteiger partial charge < -0.3 is 5.11 Å². The number of rotatable bonds is 3. The Morgan fingerprint density at radius 2 is 1.75 bits per heavy atom. The first kappa shape index (κ1) is 22.1. The highest BCUT2D eigenvalue weighted by Gasteiger charge is 2.60. The smallest absolute Gasteiger partial charge is 0.271 e. The average molecular weight is 438 g/mol. The molecule has 1 amide bonds. The molecule has 0 saturated heterocycles. The number of aromatic nitrogens is 1. The van der Waals surface area contributed by atoms with Crippen molar-refractivity contribution in [3.05, 3.63) is 30.1 Å². The number of hydrogen-bond acceptors (Lipinski definition) is 4. The van der Waals surface area contributed by atoms with Crippen LogP contribution in [0.15, 0.2) is 29.6 Å². The van der Waals surface area contributed by atoms with Crippen molar-refractivity contribution in [2.75, 3.05) is 0 Å². The van der Waals surface area contributed by atoms with Crippen molar-refractivity contribution < 1.29 is 9.90 Å². The molecule has 1 heterocycles. The third-order valence-corrected chi connectivity index (χ3v) is 10.4. The van der Waals surface area contributed by atoms with Gasteiger partial charge in [-0.1, -0.05) is 13.8 Å². The van der Waals surface area contributed by atoms with Crippen LogP contribution in [-0.2, 0) is 0 Å². The highest BCUT2D eigenvalue weighted by molar-refractivity contribution is 5.95. The van der Waals surface area contributed by atoms with Crippen molar-refractivity contribution in [3.8, 4) is 0 Å². The van der Waals surface area contributed by atoms with E-state index in [1.165, 1.54) is 44.9 Å². The zero-order valence-corrected chi connectivity index (χ0v) is 19.9. The molecule has 5 rings (SSSR count). The summed E-state index contributed by atoms with van der Waals surface area (Å²) in [5.74, 6) is 3.38. The standard InChI is InChI=1S/C27H39N3O2/c1-17(29-30-25(32)18-10-14-28-15-11-18)22-6-7-23-21-5-4-19-16-20(31)8-12-26(19,2)24(21)9-13-27(22,23)3/h10-11,14-15,19-24,31H,4-9,12-13,16H2,1-3H3,(H,30,32)/t19-,20?,21?,22?,23?,24?,26-,27+/m0/s1. The van der Waals surface area contributed by atoms with E-state index in [0.717, 1.165) is 36.3 Å². The number of fused-ring (bicyclic) bond motifs is 5. The molecule has 0 aromatic carbocycles. The Hall–Kier alpha value is -1.75. The van der Waals surface area contributed by atoms with Gasteiger partial charge in [0.15, 0.2) is 0 Å². The van der Waals surface area contributed by atoms with E-state index in [1.807, 2.05) is 0 Å². The zero-order valence-electron chi connectivity index (χ0n) is 19.9. The SMILES string of the molecule is CC(=NNC(=O)c1ccncc1)C1CCC2C3CC[C@H]4CC(O)CC[C@]4(C)C3CC[C@]12C. The van der Waals surface area contributed by atoms with Crippen LogP contribution in [0.2, 0.25) is 0 Å². The van der Waals surface area contributed by atoms with Crippen molar-refractivity contribution >= 4 is 11.6 Å². The number of hydrogen-bond donors (Lipinski definition) is 2. The largest absolute Gasteiger partial charge is 0.393 e. The number of aliphatic hydroxyl groups is 1. The maximum atomic E-state index is 12.4. The number of amides is 1. The van der Waals surface area contributed by atoms with Gasteiger partial charge in [0.05, 0.1) is 6.10 Å². The van der Waals surface area contributed by atoms with Gasteiger partial charge in [-0.25, -0.2) is 5.43 Å². The molecule has 0 aliphatic heterocycles. The van der Waals surface area contributed by atoms with E-state index in [2.05, 4.69) is 36.3 Å². The number of aliphatic hydroxyl groups excluding tert-OH is 1. The Morgan fingerprint density at radius 1 is 1.03 bits per heavy atom. The van der Waals surface area contributed by atoms with Crippen molar-refractivity contribution in [1.82, 2.24) is 10.4 Å². The predicted octanol–water partition coefficient (Wildman–Crippen LogP) is 5.21. The Kier molecular flexibility index (Phi) is 5.68. The van der Waals surface area contributed by atoms with Crippen LogP contribution in [0.3, 0.4) is 0 Å². The second-order valence-corrected chi connectivity index (χ2v) is 11.7. The molecule has 0 radical (unpaired) electrons. The third-order valence-electron chi connectivity index (χ3n) is 10.4. The molecule has 5 unspecified atom stereocenters. The zero-order chi connectivity index (χ0) is 22.5. The minimum absolute atomic E-state index is 0.0736. The minimum Gasteiger partial charge on any atom is -0.393 e. The van der Waals surface area contributed by atoms with Gasteiger partial charge in [0.1, 0.15) is 0 Å². The number of carbonyl (C=O) groups is 1. The molecule has 4 aliphatic rings. The van der Waals surface area contributed by atoms with Crippen LogP contribution in [0, 0.1) is 40.4 Å². The first-order valence-corrected chi connectivity index (χ1v) is 12.8. The first-order chi connectivity index (χ1) is 15.3. The first-order valence-electron chi connectivity index (χ1n) is 12.8. The Labute approximate surface area is 192 Å². The monoisotopic (exact) mass is 437 g/mol. The van der Waals surface area contributed by atoms with E-state index in [9.17, 15) is 9.90 Å². The molecule has 5 heteroatoms. The lowest BCUT2D eigenvalue weighted by molar-refractivity contribution is -0.123. The molecule has 1 aromatic heterocycles. The van der Waals surface area contributed by atoms with E-state index in [1.54, 1.807) is 24.5 Å². The second kappa shape index (κ2) is 8.23. The highest BCUT2D eigenvalue weighted by Crippen LogP contribution is 2.67. The summed E-state index contributed by atoms with van der Waals surface area (Å²) in [5.41, 5.74) is 5.17. The molecule has 0 spiro atoms. The van der Waals surface area contributed by atoms with Gasteiger partial charge in [-0.3, -0.25) is 9.78 Å². The molecule has 2 N–H and O–H groups in total. The Bertz CT molecular complexity index is 886. The summed E-state index contributed by atoms with van der Waals surface area (Å²) in [4.78, 5) is 16.4. The van der Waals surface area contributed by atoms with Crippen molar-refractivity contribution in [1.29, 1.82) is 0 Å². The average Bonchev–Trinajstić information content (AvgIpc) is 3.15. The maximum absolute atomic E-state index is 12.4. The lowest BCUT2D eigenvalue weighted by Crippen LogP contribution is -2.54. The maximum Gasteiger partial charge on any atom is 0.271 e. The van der Waals surface area contributed by atoms with E-state index in [0.29, 0.717) is 22.8 Å². The van der Waals surface area contributed by atoms with Crippen molar-refractivity contribution in [3.63, 3.8) is 0 Å². The number of nitrogens with one attached hydrogen (secondary N) is 1. The number of pyridine rings is 1. The van der Waals surface area contributed by atoms with Crippen LogP contribution in [0.1, 0.15) is 88.9 Å². The van der Waals surface area contributed by atoms with Gasteiger partial charge in [0.25, 0.3) is 5.91 Å². The molecular formula is C27H39N3O2. The van der Waals surface area contributed by atoms with Crippen LogP contribution < -0.4 is 5.43 Å². The topological polar surface area (TPSA) is 74.6 Å². The number of carbonyl (C=O) groups excluding carboxylic acids is 1. The molecule has 4 aliphatic carbocycles. The van der Waals surface area contributed by atoms with E-state index in [4.69, 9.17) is 0 Å². The molecular weight excluding hydrogens is 398 g/mol. The Morgan fingerprint density at radius 3 is 2.53 bits per heavy atom. The Balaban J connectivity index is 1.31.